The third kappa shape index (κ3) is 6.41. The summed E-state index contributed by atoms with van der Waals surface area (Å²) in [6, 6.07) is 13.6. The van der Waals surface area contributed by atoms with Gasteiger partial charge >= 0.3 is 5.97 Å². The van der Waals surface area contributed by atoms with Gasteiger partial charge in [-0.3, -0.25) is 14.4 Å². The molecular weight excluding hydrogens is 388 g/mol. The molecule has 7 heteroatoms. The third-order valence-electron chi connectivity index (χ3n) is 3.47. The summed E-state index contributed by atoms with van der Waals surface area (Å²) in [6.07, 6.45) is -0.117. The van der Waals surface area contributed by atoms with Crippen LogP contribution in [-0.2, 0) is 14.3 Å². The number of carbonyl (C=O) groups is 3. The van der Waals surface area contributed by atoms with Crippen molar-refractivity contribution in [3.05, 3.63) is 59.1 Å². The molecule has 0 saturated heterocycles. The molecule has 0 aromatic heterocycles. The van der Waals surface area contributed by atoms with Crippen LogP contribution in [0.25, 0.3) is 0 Å². The first-order chi connectivity index (χ1) is 12.9. The van der Waals surface area contributed by atoms with Crippen LogP contribution in [0, 0.1) is 0 Å². The number of ketones is 1. The van der Waals surface area contributed by atoms with E-state index in [1.807, 2.05) is 0 Å². The summed E-state index contributed by atoms with van der Waals surface area (Å²) >= 11 is 6.86. The van der Waals surface area contributed by atoms with Crippen LogP contribution in [0.15, 0.2) is 48.5 Å². The smallest absolute Gasteiger partial charge is 0.319 e. The molecule has 0 spiro atoms. The maximum Gasteiger partial charge on any atom is 0.319 e. The number of esters is 1. The standard InChI is InChI=1S/C20H19ClO5S/c1-3-25-20(24)19(27-13(2)22)12-17(23)14-8-10-15(11-9-14)26-18-7-5-4-6-16(18)21/h4-11,19H,3,12H2,1-2H3. The number of hydrogen-bond acceptors (Lipinski definition) is 6. The highest BCUT2D eigenvalue weighted by atomic mass is 35.5. The Kier molecular flexibility index (Phi) is 7.88. The van der Waals surface area contributed by atoms with Gasteiger partial charge in [0.15, 0.2) is 10.9 Å². The highest BCUT2D eigenvalue weighted by molar-refractivity contribution is 8.14. The van der Waals surface area contributed by atoms with Crippen LogP contribution in [0.1, 0.15) is 30.6 Å². The van der Waals surface area contributed by atoms with Crippen molar-refractivity contribution < 1.29 is 23.9 Å². The van der Waals surface area contributed by atoms with Crippen LogP contribution in [0.3, 0.4) is 0 Å². The van der Waals surface area contributed by atoms with Crippen LogP contribution in [0.4, 0.5) is 0 Å². The molecule has 0 bridgehead atoms. The summed E-state index contributed by atoms with van der Waals surface area (Å²) in [7, 11) is 0. The second kappa shape index (κ2) is 10.1. The SMILES string of the molecule is CCOC(=O)C(CC(=O)c1ccc(Oc2ccccc2Cl)cc1)SC(C)=O. The monoisotopic (exact) mass is 406 g/mol. The van der Waals surface area contributed by atoms with Gasteiger partial charge in [-0.05, 0) is 43.3 Å². The Morgan fingerprint density at radius 3 is 2.33 bits per heavy atom. The Morgan fingerprint density at radius 1 is 1.07 bits per heavy atom. The minimum absolute atomic E-state index is 0.117. The number of benzene rings is 2. The van der Waals surface area contributed by atoms with Crippen molar-refractivity contribution in [2.75, 3.05) is 6.61 Å². The molecule has 27 heavy (non-hydrogen) atoms. The first kappa shape index (κ1) is 21.0. The van der Waals surface area contributed by atoms with Crippen LogP contribution in [0.2, 0.25) is 5.02 Å². The lowest BCUT2D eigenvalue weighted by atomic mass is 10.1. The minimum Gasteiger partial charge on any atom is -0.465 e. The number of Topliss-reactive ketones (excluding diaryl/α,β-unsaturated/α-hetero) is 1. The molecule has 2 aromatic carbocycles. The molecule has 0 aliphatic carbocycles. The molecule has 2 aromatic rings. The largest absolute Gasteiger partial charge is 0.465 e. The van der Waals surface area contributed by atoms with E-state index in [0.717, 1.165) is 11.8 Å². The number of rotatable bonds is 8. The summed E-state index contributed by atoms with van der Waals surface area (Å²) in [5.41, 5.74) is 0.417. The molecule has 5 nitrogen and oxygen atoms in total. The predicted molar refractivity (Wildman–Crippen MR) is 106 cm³/mol. The Labute approximate surface area is 167 Å². The average molecular weight is 407 g/mol. The van der Waals surface area contributed by atoms with Gasteiger partial charge in [0.2, 0.25) is 0 Å². The molecule has 0 amide bonds. The number of carbonyl (C=O) groups excluding carboxylic acids is 3. The lowest BCUT2D eigenvalue weighted by molar-refractivity contribution is -0.142. The molecular formula is C20H19ClO5S. The number of halogens is 1. The van der Waals surface area contributed by atoms with Gasteiger partial charge in [-0.2, -0.15) is 0 Å². The van der Waals surface area contributed by atoms with E-state index in [4.69, 9.17) is 21.1 Å². The van der Waals surface area contributed by atoms with Gasteiger partial charge in [0.25, 0.3) is 0 Å². The fraction of sp³-hybridized carbons (Fsp3) is 0.250. The van der Waals surface area contributed by atoms with Gasteiger partial charge in [-0.25, -0.2) is 0 Å². The van der Waals surface area contributed by atoms with E-state index in [9.17, 15) is 14.4 Å². The Morgan fingerprint density at radius 2 is 1.74 bits per heavy atom. The molecule has 142 valence electrons. The van der Waals surface area contributed by atoms with E-state index in [1.54, 1.807) is 55.5 Å². The third-order valence-corrected chi connectivity index (χ3v) is 4.76. The summed E-state index contributed by atoms with van der Waals surface area (Å²) in [5.74, 6) is 0.217. The fourth-order valence-electron chi connectivity index (χ4n) is 2.26. The van der Waals surface area contributed by atoms with E-state index in [-0.39, 0.29) is 23.9 Å². The number of thioether (sulfide) groups is 1. The number of ether oxygens (including phenoxy) is 2. The van der Waals surface area contributed by atoms with Gasteiger partial charge in [-0.15, -0.1) is 0 Å². The van der Waals surface area contributed by atoms with E-state index < -0.39 is 11.2 Å². The van der Waals surface area contributed by atoms with E-state index >= 15 is 0 Å². The van der Waals surface area contributed by atoms with Crippen molar-refractivity contribution in [3.8, 4) is 11.5 Å². The second-order valence-electron chi connectivity index (χ2n) is 5.53. The second-order valence-corrected chi connectivity index (χ2v) is 7.32. The summed E-state index contributed by atoms with van der Waals surface area (Å²) in [5, 5.41) is -0.616. The van der Waals surface area contributed by atoms with Gasteiger partial charge in [-0.1, -0.05) is 35.5 Å². The molecule has 0 heterocycles. The topological polar surface area (TPSA) is 69.7 Å². The van der Waals surface area contributed by atoms with Crippen LogP contribution < -0.4 is 4.74 Å². The van der Waals surface area contributed by atoms with Crippen LogP contribution in [-0.4, -0.2) is 28.7 Å². The highest BCUT2D eigenvalue weighted by Gasteiger charge is 2.26. The Hall–Kier alpha value is -2.31. The molecule has 0 aliphatic rings. The average Bonchev–Trinajstić information content (AvgIpc) is 2.63. The fourth-order valence-corrected chi connectivity index (χ4v) is 3.23. The zero-order chi connectivity index (χ0) is 19.8. The van der Waals surface area contributed by atoms with Crippen molar-refractivity contribution in [3.63, 3.8) is 0 Å². The quantitative estimate of drug-likeness (QED) is 0.458. The minimum atomic E-state index is -0.853. The maximum atomic E-state index is 12.5. The lowest BCUT2D eigenvalue weighted by Gasteiger charge is -2.13. The normalized spacial score (nSPS) is 11.5. The molecule has 1 atom stereocenters. The summed E-state index contributed by atoms with van der Waals surface area (Å²) in [6.45, 7) is 3.21. The number of para-hydroxylation sites is 1. The van der Waals surface area contributed by atoms with E-state index in [1.165, 1.54) is 6.92 Å². The zero-order valence-electron chi connectivity index (χ0n) is 14.9. The van der Waals surface area contributed by atoms with Crippen molar-refractivity contribution >= 4 is 40.2 Å². The highest BCUT2D eigenvalue weighted by Crippen LogP contribution is 2.29. The van der Waals surface area contributed by atoms with Crippen molar-refractivity contribution in [1.82, 2.24) is 0 Å². The molecule has 2 rings (SSSR count). The van der Waals surface area contributed by atoms with Gasteiger partial charge in [0.1, 0.15) is 16.7 Å². The first-order valence-corrected chi connectivity index (χ1v) is 9.56. The Balaban J connectivity index is 2.06. The van der Waals surface area contributed by atoms with Crippen molar-refractivity contribution in [2.24, 2.45) is 0 Å². The zero-order valence-corrected chi connectivity index (χ0v) is 16.5. The van der Waals surface area contributed by atoms with Gasteiger partial charge in [0.05, 0.1) is 11.6 Å². The predicted octanol–water partition coefficient (Wildman–Crippen LogP) is 4.92. The lowest BCUT2D eigenvalue weighted by Crippen LogP contribution is -2.24. The van der Waals surface area contributed by atoms with Gasteiger partial charge < -0.3 is 9.47 Å². The van der Waals surface area contributed by atoms with Crippen molar-refractivity contribution in [2.45, 2.75) is 25.5 Å². The van der Waals surface area contributed by atoms with E-state index in [0.29, 0.717) is 22.1 Å². The molecule has 0 N–H and O–H groups in total. The summed E-state index contributed by atoms with van der Waals surface area (Å²) in [4.78, 5) is 35.8. The van der Waals surface area contributed by atoms with Gasteiger partial charge in [0, 0.05) is 18.9 Å². The molecule has 0 saturated carbocycles. The van der Waals surface area contributed by atoms with Crippen LogP contribution in [0.5, 0.6) is 11.5 Å². The molecule has 1 unspecified atom stereocenters. The Bertz CT molecular complexity index is 819. The van der Waals surface area contributed by atoms with Crippen LogP contribution >= 0.6 is 23.4 Å². The molecule has 0 radical (unpaired) electrons. The molecule has 0 fully saturated rings. The first-order valence-electron chi connectivity index (χ1n) is 8.30. The van der Waals surface area contributed by atoms with E-state index in [2.05, 4.69) is 0 Å². The maximum absolute atomic E-state index is 12.5. The molecule has 0 aliphatic heterocycles. The summed E-state index contributed by atoms with van der Waals surface area (Å²) < 4.78 is 10.6. The number of hydrogen-bond donors (Lipinski definition) is 0. The van der Waals surface area contributed by atoms with Crippen molar-refractivity contribution in [1.29, 1.82) is 0 Å².